The van der Waals surface area contributed by atoms with Gasteiger partial charge in [0.1, 0.15) is 6.04 Å². The van der Waals surface area contributed by atoms with Gasteiger partial charge in [-0.1, -0.05) is 83.9 Å². The minimum atomic E-state index is -0.702. The molecule has 34 heavy (non-hydrogen) atoms. The van der Waals surface area contributed by atoms with Crippen LogP contribution in [-0.2, 0) is 28.3 Å². The SMILES string of the molecule is CNC(=O)[C@H](Cc1ccccc1)N(Cc1c(Cl)cccc1Cl)C(=O)CSCc1ccccc1C. The summed E-state index contributed by atoms with van der Waals surface area (Å²) in [6, 6.07) is 22.3. The third kappa shape index (κ3) is 7.02. The van der Waals surface area contributed by atoms with Crippen LogP contribution in [0.1, 0.15) is 22.3 Å². The molecular formula is C27H28Cl2N2O2S. The van der Waals surface area contributed by atoms with Crippen molar-refractivity contribution in [3.63, 3.8) is 0 Å². The Labute approximate surface area is 215 Å². The van der Waals surface area contributed by atoms with Gasteiger partial charge in [-0.25, -0.2) is 0 Å². The highest BCUT2D eigenvalue weighted by Gasteiger charge is 2.30. The summed E-state index contributed by atoms with van der Waals surface area (Å²) in [5.74, 6) is 0.574. The quantitative estimate of drug-likeness (QED) is 0.365. The topological polar surface area (TPSA) is 49.4 Å². The number of likely N-dealkylation sites (N-methyl/N-ethyl adjacent to an activating group) is 1. The second-order valence-electron chi connectivity index (χ2n) is 7.96. The van der Waals surface area contributed by atoms with Crippen molar-refractivity contribution in [2.45, 2.75) is 31.7 Å². The highest BCUT2D eigenvalue weighted by atomic mass is 35.5. The van der Waals surface area contributed by atoms with Crippen molar-refractivity contribution < 1.29 is 9.59 Å². The number of nitrogens with one attached hydrogen (secondary N) is 1. The lowest BCUT2D eigenvalue weighted by Crippen LogP contribution is -2.50. The van der Waals surface area contributed by atoms with Gasteiger partial charge in [0.05, 0.1) is 5.75 Å². The van der Waals surface area contributed by atoms with E-state index >= 15 is 0 Å². The summed E-state index contributed by atoms with van der Waals surface area (Å²) in [5.41, 5.74) is 3.97. The Morgan fingerprint density at radius 1 is 0.941 bits per heavy atom. The van der Waals surface area contributed by atoms with Crippen molar-refractivity contribution in [2.24, 2.45) is 0 Å². The van der Waals surface area contributed by atoms with Crippen molar-refractivity contribution >= 4 is 46.8 Å². The van der Waals surface area contributed by atoms with Crippen LogP contribution in [0.15, 0.2) is 72.8 Å². The molecule has 0 spiro atoms. The van der Waals surface area contributed by atoms with Crippen LogP contribution in [-0.4, -0.2) is 35.6 Å². The number of carbonyl (C=O) groups is 2. The first-order chi connectivity index (χ1) is 16.4. The van der Waals surface area contributed by atoms with E-state index in [0.29, 0.717) is 27.8 Å². The molecule has 4 nitrogen and oxygen atoms in total. The van der Waals surface area contributed by atoms with E-state index in [-0.39, 0.29) is 24.1 Å². The summed E-state index contributed by atoms with van der Waals surface area (Å²) in [5, 5.41) is 3.65. The summed E-state index contributed by atoms with van der Waals surface area (Å²) in [6.07, 6.45) is 0.386. The molecule has 0 saturated heterocycles. The average Bonchev–Trinajstić information content (AvgIpc) is 2.84. The normalized spacial score (nSPS) is 11.6. The van der Waals surface area contributed by atoms with Gasteiger partial charge >= 0.3 is 0 Å². The molecule has 3 aromatic carbocycles. The zero-order valence-electron chi connectivity index (χ0n) is 19.3. The first kappa shape index (κ1) is 26.1. The molecule has 0 aromatic heterocycles. The van der Waals surface area contributed by atoms with Gasteiger partial charge in [-0.3, -0.25) is 9.59 Å². The molecule has 0 radical (unpaired) electrons. The molecule has 2 amide bonds. The highest BCUT2D eigenvalue weighted by molar-refractivity contribution is 7.99. The number of aryl methyl sites for hydroxylation is 1. The van der Waals surface area contributed by atoms with Gasteiger partial charge in [-0.05, 0) is 35.7 Å². The second kappa shape index (κ2) is 12.8. The summed E-state index contributed by atoms with van der Waals surface area (Å²) >= 11 is 14.4. The molecule has 3 aromatic rings. The fourth-order valence-electron chi connectivity index (χ4n) is 3.68. The molecular weight excluding hydrogens is 487 g/mol. The molecule has 3 rings (SSSR count). The molecule has 0 heterocycles. The highest BCUT2D eigenvalue weighted by Crippen LogP contribution is 2.28. The van der Waals surface area contributed by atoms with Gasteiger partial charge in [0, 0.05) is 41.4 Å². The minimum Gasteiger partial charge on any atom is -0.357 e. The van der Waals surface area contributed by atoms with Crippen molar-refractivity contribution in [2.75, 3.05) is 12.8 Å². The van der Waals surface area contributed by atoms with Gasteiger partial charge < -0.3 is 10.2 Å². The Morgan fingerprint density at radius 2 is 1.59 bits per heavy atom. The standard InChI is InChI=1S/C27H28Cl2N2O2S/c1-19-9-6-7-12-21(19)17-34-18-26(32)31(16-22-23(28)13-8-14-24(22)29)25(27(33)30-2)15-20-10-4-3-5-11-20/h3-14,25H,15-18H2,1-2H3,(H,30,33)/t25-/m0/s1. The third-order valence-corrected chi connectivity index (χ3v) is 7.33. The summed E-state index contributed by atoms with van der Waals surface area (Å²) in [6.45, 7) is 2.21. The lowest BCUT2D eigenvalue weighted by atomic mass is 10.0. The van der Waals surface area contributed by atoms with E-state index < -0.39 is 6.04 Å². The molecule has 0 aliphatic rings. The Kier molecular flexibility index (Phi) is 9.87. The fourth-order valence-corrected chi connectivity index (χ4v) is 5.18. The molecule has 7 heteroatoms. The van der Waals surface area contributed by atoms with Gasteiger partial charge in [0.2, 0.25) is 11.8 Å². The van der Waals surface area contributed by atoms with E-state index in [9.17, 15) is 9.59 Å². The van der Waals surface area contributed by atoms with Gasteiger partial charge in [0.15, 0.2) is 0 Å². The molecule has 0 fully saturated rings. The molecule has 0 bridgehead atoms. The van der Waals surface area contributed by atoms with Crippen LogP contribution < -0.4 is 5.32 Å². The maximum absolute atomic E-state index is 13.5. The van der Waals surface area contributed by atoms with E-state index in [1.165, 1.54) is 22.9 Å². The maximum atomic E-state index is 13.5. The van der Waals surface area contributed by atoms with Crippen molar-refractivity contribution in [1.29, 1.82) is 0 Å². The minimum absolute atomic E-state index is 0.140. The molecule has 178 valence electrons. The van der Waals surface area contributed by atoms with Crippen LogP contribution in [0.5, 0.6) is 0 Å². The zero-order chi connectivity index (χ0) is 24.5. The monoisotopic (exact) mass is 514 g/mol. The van der Waals surface area contributed by atoms with Crippen LogP contribution >= 0.6 is 35.0 Å². The number of rotatable bonds is 10. The summed E-state index contributed by atoms with van der Waals surface area (Å²) in [4.78, 5) is 28.1. The van der Waals surface area contributed by atoms with Crippen LogP contribution in [0, 0.1) is 6.92 Å². The number of halogens is 2. The number of carbonyl (C=O) groups excluding carboxylic acids is 2. The summed E-state index contributed by atoms with van der Waals surface area (Å²) < 4.78 is 0. The number of nitrogens with zero attached hydrogens (tertiary/aromatic N) is 1. The Balaban J connectivity index is 1.87. The molecule has 0 unspecified atom stereocenters. The van der Waals surface area contributed by atoms with Crippen LogP contribution in [0.4, 0.5) is 0 Å². The van der Waals surface area contributed by atoms with Crippen LogP contribution in [0.3, 0.4) is 0 Å². The molecule has 1 atom stereocenters. The molecule has 0 aliphatic heterocycles. The number of hydrogen-bond acceptors (Lipinski definition) is 3. The molecule has 0 aliphatic carbocycles. The molecule has 0 saturated carbocycles. The van der Waals surface area contributed by atoms with Gasteiger partial charge in [-0.15, -0.1) is 11.8 Å². The Hall–Kier alpha value is -2.47. The van der Waals surface area contributed by atoms with E-state index in [4.69, 9.17) is 23.2 Å². The zero-order valence-corrected chi connectivity index (χ0v) is 21.6. The van der Waals surface area contributed by atoms with E-state index in [1.54, 1.807) is 30.1 Å². The third-order valence-electron chi connectivity index (χ3n) is 5.65. The lowest BCUT2D eigenvalue weighted by molar-refractivity contribution is -0.139. The average molecular weight is 516 g/mol. The van der Waals surface area contributed by atoms with Gasteiger partial charge in [-0.2, -0.15) is 0 Å². The Bertz CT molecular complexity index is 1100. The van der Waals surface area contributed by atoms with E-state index in [1.807, 2.05) is 42.5 Å². The number of amides is 2. The number of benzene rings is 3. The predicted octanol–water partition coefficient (Wildman–Crippen LogP) is 5.92. The van der Waals surface area contributed by atoms with Crippen molar-refractivity contribution in [3.8, 4) is 0 Å². The summed E-state index contributed by atoms with van der Waals surface area (Å²) in [7, 11) is 1.58. The lowest BCUT2D eigenvalue weighted by Gasteiger charge is -2.31. The molecule has 1 N–H and O–H groups in total. The number of thioether (sulfide) groups is 1. The Morgan fingerprint density at radius 3 is 2.24 bits per heavy atom. The maximum Gasteiger partial charge on any atom is 0.242 e. The second-order valence-corrected chi connectivity index (χ2v) is 9.76. The largest absolute Gasteiger partial charge is 0.357 e. The van der Waals surface area contributed by atoms with Gasteiger partial charge in [0.25, 0.3) is 0 Å². The first-order valence-corrected chi connectivity index (χ1v) is 12.9. The smallest absolute Gasteiger partial charge is 0.242 e. The van der Waals surface area contributed by atoms with E-state index in [0.717, 1.165) is 5.56 Å². The van der Waals surface area contributed by atoms with Crippen LogP contribution in [0.2, 0.25) is 10.0 Å². The predicted molar refractivity (Wildman–Crippen MR) is 142 cm³/mol. The first-order valence-electron chi connectivity index (χ1n) is 11.0. The van der Waals surface area contributed by atoms with Crippen molar-refractivity contribution in [3.05, 3.63) is 105 Å². The number of hydrogen-bond donors (Lipinski definition) is 1. The van der Waals surface area contributed by atoms with E-state index in [2.05, 4.69) is 24.4 Å². The fraction of sp³-hybridized carbons (Fsp3) is 0.259. The van der Waals surface area contributed by atoms with Crippen molar-refractivity contribution in [1.82, 2.24) is 10.2 Å². The van der Waals surface area contributed by atoms with Crippen LogP contribution in [0.25, 0.3) is 0 Å².